The van der Waals surface area contributed by atoms with E-state index in [1.54, 1.807) is 0 Å². The van der Waals surface area contributed by atoms with Gasteiger partial charge in [-0.05, 0) is 41.0 Å². The molecule has 0 aromatic heterocycles. The molecular weight excluding hydrogens is 420 g/mol. The number of benzene rings is 2. The Morgan fingerprint density at radius 1 is 1.00 bits per heavy atom. The second-order valence-corrected chi connectivity index (χ2v) is 9.54. The zero-order valence-corrected chi connectivity index (χ0v) is 19.0. The average molecular weight is 451 g/mol. The molecule has 0 bridgehead atoms. The minimum Gasteiger partial charge on any atom is -0.481 e. The van der Waals surface area contributed by atoms with Gasteiger partial charge in [-0.3, -0.25) is 9.59 Å². The molecule has 0 radical (unpaired) electrons. The van der Waals surface area contributed by atoms with Crippen LogP contribution in [0.3, 0.4) is 0 Å². The summed E-state index contributed by atoms with van der Waals surface area (Å²) in [4.78, 5) is 35.7. The summed E-state index contributed by atoms with van der Waals surface area (Å²) >= 11 is 0. The molecule has 2 aliphatic carbocycles. The van der Waals surface area contributed by atoms with Crippen molar-refractivity contribution in [1.82, 2.24) is 10.6 Å². The van der Waals surface area contributed by atoms with E-state index < -0.39 is 17.5 Å². The first kappa shape index (κ1) is 22.8. The van der Waals surface area contributed by atoms with Crippen LogP contribution in [0, 0.1) is 17.3 Å². The third-order valence-electron chi connectivity index (χ3n) is 6.74. The Balaban J connectivity index is 1.22. The maximum Gasteiger partial charge on any atom is 0.407 e. The topological polar surface area (TPSA) is 105 Å². The standard InChI is InChI=1S/C26H30N2O5/c1-26(2,24(31)28-14-16-13-21(16)23(29)30)11-12-27-25(32)33-15-22-19-9-5-3-7-17(19)18-8-4-6-10-20(18)22/h3-10,16,21-22H,11-15H2,1-2H3,(H,27,32)(H,28,31)(H,29,30). The highest BCUT2D eigenvalue weighted by Crippen LogP contribution is 2.44. The first-order valence-corrected chi connectivity index (χ1v) is 11.4. The smallest absolute Gasteiger partial charge is 0.407 e. The van der Waals surface area contributed by atoms with Crippen LogP contribution >= 0.6 is 0 Å². The van der Waals surface area contributed by atoms with Gasteiger partial charge >= 0.3 is 12.1 Å². The Bertz CT molecular complexity index is 1020. The number of nitrogens with one attached hydrogen (secondary N) is 2. The molecule has 4 rings (SSSR count). The predicted molar refractivity (Wildman–Crippen MR) is 124 cm³/mol. The molecule has 1 fully saturated rings. The van der Waals surface area contributed by atoms with Crippen LogP contribution in [0.4, 0.5) is 4.79 Å². The highest BCUT2D eigenvalue weighted by Gasteiger charge is 2.43. The van der Waals surface area contributed by atoms with Gasteiger partial charge in [-0.1, -0.05) is 62.4 Å². The lowest BCUT2D eigenvalue weighted by Gasteiger charge is -2.23. The Morgan fingerprint density at radius 2 is 1.61 bits per heavy atom. The fourth-order valence-corrected chi connectivity index (χ4v) is 4.48. The number of hydrogen-bond acceptors (Lipinski definition) is 4. The van der Waals surface area contributed by atoms with Crippen molar-refractivity contribution in [1.29, 1.82) is 0 Å². The third kappa shape index (κ3) is 5.02. The number of hydrogen-bond donors (Lipinski definition) is 3. The van der Waals surface area contributed by atoms with Crippen molar-refractivity contribution in [2.45, 2.75) is 32.6 Å². The molecule has 174 valence electrons. The highest BCUT2D eigenvalue weighted by molar-refractivity contribution is 5.82. The SMILES string of the molecule is CC(C)(CCNC(=O)OCC1c2ccccc2-c2ccccc21)C(=O)NCC1CC1C(=O)O. The molecule has 2 aromatic rings. The van der Waals surface area contributed by atoms with Crippen LogP contribution in [-0.2, 0) is 14.3 Å². The van der Waals surface area contributed by atoms with Crippen LogP contribution in [0.1, 0.15) is 43.7 Å². The van der Waals surface area contributed by atoms with Gasteiger partial charge in [0, 0.05) is 24.4 Å². The van der Waals surface area contributed by atoms with Crippen LogP contribution in [0.2, 0.25) is 0 Å². The van der Waals surface area contributed by atoms with E-state index in [2.05, 4.69) is 34.9 Å². The second-order valence-electron chi connectivity index (χ2n) is 9.54. The highest BCUT2D eigenvalue weighted by atomic mass is 16.5. The summed E-state index contributed by atoms with van der Waals surface area (Å²) in [5.74, 6) is -1.28. The minimum absolute atomic E-state index is 0.00224. The zero-order valence-electron chi connectivity index (χ0n) is 19.0. The molecule has 33 heavy (non-hydrogen) atoms. The molecule has 0 spiro atoms. The number of aliphatic carboxylic acids is 1. The van der Waals surface area contributed by atoms with Gasteiger partial charge < -0.3 is 20.5 Å². The molecule has 2 aliphatic rings. The molecule has 7 nitrogen and oxygen atoms in total. The molecule has 0 heterocycles. The quantitative estimate of drug-likeness (QED) is 0.539. The van der Waals surface area contributed by atoms with Gasteiger partial charge in [-0.25, -0.2) is 4.79 Å². The van der Waals surface area contributed by atoms with E-state index in [1.807, 2.05) is 38.1 Å². The van der Waals surface area contributed by atoms with E-state index in [-0.39, 0.29) is 30.3 Å². The van der Waals surface area contributed by atoms with Gasteiger partial charge in [0.1, 0.15) is 6.61 Å². The van der Waals surface area contributed by atoms with E-state index in [1.165, 1.54) is 11.1 Å². The van der Waals surface area contributed by atoms with E-state index in [4.69, 9.17) is 9.84 Å². The Labute approximate surface area is 193 Å². The van der Waals surface area contributed by atoms with E-state index in [9.17, 15) is 14.4 Å². The number of carbonyl (C=O) groups excluding carboxylic acids is 2. The van der Waals surface area contributed by atoms with E-state index in [0.717, 1.165) is 11.1 Å². The molecule has 2 unspecified atom stereocenters. The Kier molecular flexibility index (Phi) is 6.40. The number of carboxylic acid groups (broad SMARTS) is 1. The summed E-state index contributed by atoms with van der Waals surface area (Å²) in [7, 11) is 0. The molecule has 7 heteroatoms. The van der Waals surface area contributed by atoms with Crippen molar-refractivity contribution >= 4 is 18.0 Å². The van der Waals surface area contributed by atoms with Crippen LogP contribution in [-0.4, -0.2) is 42.8 Å². The summed E-state index contributed by atoms with van der Waals surface area (Å²) in [6.07, 6.45) is 0.547. The number of rotatable bonds is 9. The van der Waals surface area contributed by atoms with Gasteiger partial charge in [0.15, 0.2) is 0 Å². The van der Waals surface area contributed by atoms with Crippen molar-refractivity contribution in [2.75, 3.05) is 19.7 Å². The van der Waals surface area contributed by atoms with Gasteiger partial charge in [0.05, 0.1) is 5.92 Å². The number of ether oxygens (including phenoxy) is 1. The monoisotopic (exact) mass is 450 g/mol. The Morgan fingerprint density at radius 3 is 2.18 bits per heavy atom. The van der Waals surface area contributed by atoms with E-state index >= 15 is 0 Å². The zero-order chi connectivity index (χ0) is 23.6. The molecular formula is C26H30N2O5. The number of fused-ring (bicyclic) bond motifs is 3. The van der Waals surface area contributed by atoms with Gasteiger partial charge in [0.25, 0.3) is 0 Å². The first-order chi connectivity index (χ1) is 15.8. The third-order valence-corrected chi connectivity index (χ3v) is 6.74. The first-order valence-electron chi connectivity index (χ1n) is 11.4. The molecule has 2 atom stereocenters. The second kappa shape index (κ2) is 9.25. The van der Waals surface area contributed by atoms with Crippen molar-refractivity contribution in [3.05, 3.63) is 59.7 Å². The summed E-state index contributed by atoms with van der Waals surface area (Å²) in [5, 5.41) is 14.6. The maximum atomic E-state index is 12.5. The molecule has 0 aliphatic heterocycles. The average Bonchev–Trinajstić information content (AvgIpc) is 3.51. The predicted octanol–water partition coefficient (Wildman–Crippen LogP) is 3.78. The molecule has 3 N–H and O–H groups in total. The lowest BCUT2D eigenvalue weighted by atomic mass is 9.88. The van der Waals surface area contributed by atoms with Gasteiger partial charge in [-0.15, -0.1) is 0 Å². The molecule has 0 saturated heterocycles. The lowest BCUT2D eigenvalue weighted by Crippen LogP contribution is -2.40. The number of alkyl carbamates (subject to hydrolysis) is 1. The minimum atomic E-state index is -0.805. The lowest BCUT2D eigenvalue weighted by molar-refractivity contribution is -0.139. The molecule has 2 amide bonds. The Hall–Kier alpha value is -3.35. The van der Waals surface area contributed by atoms with Crippen molar-refractivity contribution < 1.29 is 24.2 Å². The fraction of sp³-hybridized carbons (Fsp3) is 0.423. The normalized spacial score (nSPS) is 18.7. The van der Waals surface area contributed by atoms with Crippen LogP contribution in [0.5, 0.6) is 0 Å². The fourth-order valence-electron chi connectivity index (χ4n) is 4.48. The van der Waals surface area contributed by atoms with Gasteiger partial charge in [-0.2, -0.15) is 0 Å². The van der Waals surface area contributed by atoms with Crippen molar-refractivity contribution in [2.24, 2.45) is 17.3 Å². The maximum absolute atomic E-state index is 12.5. The largest absolute Gasteiger partial charge is 0.481 e. The van der Waals surface area contributed by atoms with E-state index in [0.29, 0.717) is 25.9 Å². The summed E-state index contributed by atoms with van der Waals surface area (Å²) in [5.41, 5.74) is 3.98. The van der Waals surface area contributed by atoms with Crippen LogP contribution in [0.15, 0.2) is 48.5 Å². The molecule has 1 saturated carbocycles. The van der Waals surface area contributed by atoms with Crippen LogP contribution in [0.25, 0.3) is 11.1 Å². The summed E-state index contributed by atoms with van der Waals surface area (Å²) in [6, 6.07) is 16.3. The van der Waals surface area contributed by atoms with Crippen LogP contribution < -0.4 is 10.6 Å². The van der Waals surface area contributed by atoms with Crippen molar-refractivity contribution in [3.63, 3.8) is 0 Å². The van der Waals surface area contributed by atoms with Crippen molar-refractivity contribution in [3.8, 4) is 11.1 Å². The molecule has 2 aromatic carbocycles. The van der Waals surface area contributed by atoms with Gasteiger partial charge in [0.2, 0.25) is 5.91 Å². The number of carboxylic acids is 1. The summed E-state index contributed by atoms with van der Waals surface area (Å²) < 4.78 is 5.53. The number of carbonyl (C=O) groups is 3. The number of amides is 2. The summed E-state index contributed by atoms with van der Waals surface area (Å²) in [6.45, 7) is 4.54.